The molecule has 0 amide bonds. The average Bonchev–Trinajstić information content (AvgIpc) is 2.53. The molecule has 1 heterocycles. The summed E-state index contributed by atoms with van der Waals surface area (Å²) in [5, 5.41) is 0. The first-order valence-electron chi connectivity index (χ1n) is 7.35. The standard InChI is InChI=1S/C14H16F6N2O2S/c15-13(16,17)12(21,14(18,19)20)10-4-6-11(7-5-10)25(23,24)22-8-2-1-3-9-22/h4-7H,1-3,8-9,21H2. The first-order chi connectivity index (χ1) is 11.3. The van der Waals surface area contributed by atoms with Crippen LogP contribution in [0.2, 0.25) is 0 Å². The molecule has 0 spiro atoms. The Bertz CT molecular complexity index is 692. The third kappa shape index (κ3) is 3.49. The molecule has 0 atom stereocenters. The first kappa shape index (κ1) is 20.0. The van der Waals surface area contributed by atoms with E-state index in [1.807, 2.05) is 0 Å². The Hall–Kier alpha value is -1.33. The van der Waals surface area contributed by atoms with E-state index in [-0.39, 0.29) is 18.0 Å². The molecule has 1 aromatic rings. The van der Waals surface area contributed by atoms with E-state index >= 15 is 0 Å². The van der Waals surface area contributed by atoms with E-state index in [0.29, 0.717) is 25.0 Å². The molecular formula is C14H16F6N2O2S. The number of hydrogen-bond acceptors (Lipinski definition) is 3. The number of hydrogen-bond donors (Lipinski definition) is 1. The van der Waals surface area contributed by atoms with E-state index in [1.165, 1.54) is 0 Å². The van der Waals surface area contributed by atoms with Gasteiger partial charge in [-0.15, -0.1) is 0 Å². The highest BCUT2D eigenvalue weighted by Gasteiger charge is 2.69. The third-order valence-corrected chi connectivity index (χ3v) is 6.07. The SMILES string of the molecule is NC(c1ccc(S(=O)(=O)N2CCCCC2)cc1)(C(F)(F)F)C(F)(F)F. The average molecular weight is 390 g/mol. The van der Waals surface area contributed by atoms with Gasteiger partial charge in [-0.25, -0.2) is 8.42 Å². The number of piperidine rings is 1. The lowest BCUT2D eigenvalue weighted by molar-refractivity contribution is -0.301. The van der Waals surface area contributed by atoms with Gasteiger partial charge in [-0.1, -0.05) is 18.6 Å². The van der Waals surface area contributed by atoms with Crippen molar-refractivity contribution >= 4 is 10.0 Å². The molecule has 1 aliphatic rings. The van der Waals surface area contributed by atoms with Crippen LogP contribution in [0, 0.1) is 0 Å². The number of halogens is 6. The summed E-state index contributed by atoms with van der Waals surface area (Å²) in [6, 6.07) is 2.35. The Morgan fingerprint density at radius 3 is 1.68 bits per heavy atom. The fraction of sp³-hybridized carbons (Fsp3) is 0.571. The third-order valence-electron chi connectivity index (χ3n) is 4.16. The van der Waals surface area contributed by atoms with E-state index in [1.54, 1.807) is 0 Å². The molecule has 1 saturated heterocycles. The monoisotopic (exact) mass is 390 g/mol. The zero-order chi connectivity index (χ0) is 19.1. The number of benzene rings is 1. The van der Waals surface area contributed by atoms with Gasteiger partial charge in [-0.2, -0.15) is 30.6 Å². The molecule has 4 nitrogen and oxygen atoms in total. The molecule has 1 aromatic carbocycles. The number of sulfonamides is 1. The highest BCUT2D eigenvalue weighted by Crippen LogP contribution is 2.48. The Balaban J connectivity index is 2.42. The summed E-state index contributed by atoms with van der Waals surface area (Å²) in [4.78, 5) is -0.371. The lowest BCUT2D eigenvalue weighted by atomic mass is 9.89. The minimum Gasteiger partial charge on any atom is -0.306 e. The van der Waals surface area contributed by atoms with Crippen LogP contribution < -0.4 is 5.73 Å². The van der Waals surface area contributed by atoms with Gasteiger partial charge in [-0.05, 0) is 30.5 Å². The van der Waals surface area contributed by atoms with Crippen molar-refractivity contribution in [2.24, 2.45) is 5.73 Å². The molecule has 0 unspecified atom stereocenters. The van der Waals surface area contributed by atoms with Crippen LogP contribution in [0.25, 0.3) is 0 Å². The van der Waals surface area contributed by atoms with Crippen molar-refractivity contribution < 1.29 is 34.8 Å². The summed E-state index contributed by atoms with van der Waals surface area (Å²) in [5.41, 5.74) is -1.18. The Kier molecular flexibility index (Phi) is 5.15. The first-order valence-corrected chi connectivity index (χ1v) is 8.79. The molecule has 0 radical (unpaired) electrons. The largest absolute Gasteiger partial charge is 0.419 e. The fourth-order valence-electron chi connectivity index (χ4n) is 2.63. The maximum Gasteiger partial charge on any atom is 0.419 e. The maximum absolute atomic E-state index is 12.9. The van der Waals surface area contributed by atoms with Crippen LogP contribution in [0.4, 0.5) is 26.3 Å². The normalized spacial score (nSPS) is 18.4. The van der Waals surface area contributed by atoms with Crippen LogP contribution in [0.15, 0.2) is 29.2 Å². The van der Waals surface area contributed by atoms with Crippen LogP contribution in [-0.2, 0) is 15.6 Å². The molecule has 1 aliphatic heterocycles. The number of rotatable bonds is 3. The van der Waals surface area contributed by atoms with Gasteiger partial charge in [0.1, 0.15) is 0 Å². The highest BCUT2D eigenvalue weighted by molar-refractivity contribution is 7.89. The summed E-state index contributed by atoms with van der Waals surface area (Å²) >= 11 is 0. The quantitative estimate of drug-likeness (QED) is 0.807. The van der Waals surface area contributed by atoms with E-state index in [0.717, 1.165) is 22.9 Å². The van der Waals surface area contributed by atoms with Gasteiger partial charge in [0, 0.05) is 13.1 Å². The summed E-state index contributed by atoms with van der Waals surface area (Å²) in [5.74, 6) is 0. The predicted molar refractivity (Wildman–Crippen MR) is 77.0 cm³/mol. The fourth-order valence-corrected chi connectivity index (χ4v) is 4.15. The zero-order valence-electron chi connectivity index (χ0n) is 12.9. The predicted octanol–water partition coefficient (Wildman–Crippen LogP) is 3.14. The van der Waals surface area contributed by atoms with Crippen molar-refractivity contribution in [2.75, 3.05) is 13.1 Å². The van der Waals surface area contributed by atoms with Gasteiger partial charge in [0.05, 0.1) is 4.90 Å². The molecule has 0 saturated carbocycles. The van der Waals surface area contributed by atoms with Crippen molar-refractivity contribution in [3.63, 3.8) is 0 Å². The minimum atomic E-state index is -5.79. The summed E-state index contributed by atoms with van der Waals surface area (Å²) < 4.78 is 104. The molecular weight excluding hydrogens is 374 g/mol. The molecule has 142 valence electrons. The molecule has 0 aliphatic carbocycles. The Labute approximate surface area is 140 Å². The maximum atomic E-state index is 12.9. The van der Waals surface area contributed by atoms with Crippen molar-refractivity contribution in [1.29, 1.82) is 0 Å². The second kappa shape index (κ2) is 6.44. The molecule has 25 heavy (non-hydrogen) atoms. The molecule has 0 bridgehead atoms. The lowest BCUT2D eigenvalue weighted by Crippen LogP contribution is -2.60. The minimum absolute atomic E-state index is 0.260. The Morgan fingerprint density at radius 1 is 0.840 bits per heavy atom. The molecule has 11 heteroatoms. The van der Waals surface area contributed by atoms with Gasteiger partial charge in [0.2, 0.25) is 15.6 Å². The summed E-state index contributed by atoms with van der Waals surface area (Å²) in [6.45, 7) is 0.520. The van der Waals surface area contributed by atoms with E-state index in [4.69, 9.17) is 0 Å². The topological polar surface area (TPSA) is 63.4 Å². The summed E-state index contributed by atoms with van der Waals surface area (Å²) in [6.07, 6.45) is -9.44. The second-order valence-electron chi connectivity index (χ2n) is 5.79. The van der Waals surface area contributed by atoms with Crippen LogP contribution >= 0.6 is 0 Å². The molecule has 2 rings (SSSR count). The van der Waals surface area contributed by atoms with Crippen molar-refractivity contribution in [3.05, 3.63) is 29.8 Å². The number of alkyl halides is 6. The van der Waals surface area contributed by atoms with E-state index in [2.05, 4.69) is 5.73 Å². The highest BCUT2D eigenvalue weighted by atomic mass is 32.2. The van der Waals surface area contributed by atoms with Crippen LogP contribution in [-0.4, -0.2) is 38.2 Å². The van der Waals surface area contributed by atoms with Gasteiger partial charge in [0.15, 0.2) is 0 Å². The van der Waals surface area contributed by atoms with Crippen LogP contribution in [0.1, 0.15) is 24.8 Å². The van der Waals surface area contributed by atoms with Gasteiger partial charge in [0.25, 0.3) is 0 Å². The lowest BCUT2D eigenvalue weighted by Gasteiger charge is -2.34. The van der Waals surface area contributed by atoms with Crippen LogP contribution in [0.3, 0.4) is 0 Å². The van der Waals surface area contributed by atoms with Crippen LogP contribution in [0.5, 0.6) is 0 Å². The smallest absolute Gasteiger partial charge is 0.306 e. The molecule has 1 fully saturated rings. The number of nitrogens with zero attached hydrogens (tertiary/aromatic N) is 1. The van der Waals surface area contributed by atoms with E-state index < -0.39 is 33.5 Å². The van der Waals surface area contributed by atoms with Crippen molar-refractivity contribution in [3.8, 4) is 0 Å². The second-order valence-corrected chi connectivity index (χ2v) is 7.73. The Morgan fingerprint density at radius 2 is 1.28 bits per heavy atom. The van der Waals surface area contributed by atoms with Gasteiger partial charge < -0.3 is 5.73 Å². The van der Waals surface area contributed by atoms with Crippen molar-refractivity contribution in [1.82, 2.24) is 4.31 Å². The van der Waals surface area contributed by atoms with Crippen molar-refractivity contribution in [2.45, 2.75) is 42.0 Å². The molecule has 0 aromatic heterocycles. The summed E-state index contributed by atoms with van der Waals surface area (Å²) in [7, 11) is -3.97. The zero-order valence-corrected chi connectivity index (χ0v) is 13.7. The number of nitrogens with two attached hydrogens (primary N) is 1. The molecule has 2 N–H and O–H groups in total. The van der Waals surface area contributed by atoms with Gasteiger partial charge >= 0.3 is 12.4 Å². The van der Waals surface area contributed by atoms with Gasteiger partial charge in [-0.3, -0.25) is 0 Å². The van der Waals surface area contributed by atoms with E-state index in [9.17, 15) is 34.8 Å².